The molecule has 134 valence electrons. The van der Waals surface area contributed by atoms with Gasteiger partial charge < -0.3 is 5.32 Å². The number of sulfonamides is 1. The van der Waals surface area contributed by atoms with Crippen molar-refractivity contribution in [2.75, 3.05) is 6.54 Å². The van der Waals surface area contributed by atoms with Crippen LogP contribution in [0.15, 0.2) is 53.4 Å². The zero-order chi connectivity index (χ0) is 18.4. The summed E-state index contributed by atoms with van der Waals surface area (Å²) < 4.78 is 27.0. The molecule has 0 radical (unpaired) electrons. The number of carbonyl (C=O) groups excluding carboxylic acids is 1. The number of benzene rings is 2. The number of amides is 1. The molecular formula is C18H21ClN2O3S. The fourth-order valence-corrected chi connectivity index (χ4v) is 3.76. The summed E-state index contributed by atoms with van der Waals surface area (Å²) in [6, 6.07) is 13.6. The summed E-state index contributed by atoms with van der Waals surface area (Å²) in [7, 11) is -3.68. The van der Waals surface area contributed by atoms with Crippen molar-refractivity contribution in [3.05, 3.63) is 64.7 Å². The Morgan fingerprint density at radius 2 is 1.80 bits per heavy atom. The van der Waals surface area contributed by atoms with E-state index in [-0.39, 0.29) is 21.5 Å². The van der Waals surface area contributed by atoms with Crippen LogP contribution in [0.1, 0.15) is 29.8 Å². The molecule has 0 aliphatic rings. The minimum atomic E-state index is -3.68. The first-order chi connectivity index (χ1) is 11.8. The molecule has 0 saturated heterocycles. The van der Waals surface area contributed by atoms with Gasteiger partial charge in [0.15, 0.2) is 0 Å². The van der Waals surface area contributed by atoms with Crippen molar-refractivity contribution < 1.29 is 13.2 Å². The van der Waals surface area contributed by atoms with E-state index in [0.717, 1.165) is 5.56 Å². The number of halogens is 1. The standard InChI is InChI=1S/C18H21ClN2O3S/c1-13(2)21-25(23,24)15-8-9-17(19)16(12-15)18(22)20-11-10-14-6-4-3-5-7-14/h3-9,12-13,21H,10-11H2,1-2H3,(H,20,22). The SMILES string of the molecule is CC(C)NS(=O)(=O)c1ccc(Cl)c(C(=O)NCCc2ccccc2)c1. The predicted octanol–water partition coefficient (Wildman–Crippen LogP) is 3.00. The molecule has 0 aromatic heterocycles. The normalized spacial score (nSPS) is 11.5. The summed E-state index contributed by atoms with van der Waals surface area (Å²) in [6.45, 7) is 3.88. The van der Waals surface area contributed by atoms with E-state index >= 15 is 0 Å². The van der Waals surface area contributed by atoms with Gasteiger partial charge in [0.25, 0.3) is 5.91 Å². The molecule has 0 atom stereocenters. The lowest BCUT2D eigenvalue weighted by Crippen LogP contribution is -2.31. The van der Waals surface area contributed by atoms with Gasteiger partial charge in [-0.2, -0.15) is 0 Å². The Morgan fingerprint density at radius 3 is 2.44 bits per heavy atom. The Labute approximate surface area is 153 Å². The van der Waals surface area contributed by atoms with Crippen molar-refractivity contribution in [1.82, 2.24) is 10.0 Å². The van der Waals surface area contributed by atoms with Crippen LogP contribution in [0.2, 0.25) is 5.02 Å². The van der Waals surface area contributed by atoms with Crippen molar-refractivity contribution in [3.8, 4) is 0 Å². The molecule has 1 amide bonds. The first kappa shape index (κ1) is 19.4. The minimum absolute atomic E-state index is 0.0128. The Kier molecular flexibility index (Phi) is 6.58. The van der Waals surface area contributed by atoms with Crippen molar-refractivity contribution in [2.45, 2.75) is 31.2 Å². The van der Waals surface area contributed by atoms with Gasteiger partial charge in [-0.25, -0.2) is 13.1 Å². The molecule has 0 unspecified atom stereocenters. The van der Waals surface area contributed by atoms with E-state index in [0.29, 0.717) is 13.0 Å². The lowest BCUT2D eigenvalue weighted by molar-refractivity contribution is 0.0954. The zero-order valence-corrected chi connectivity index (χ0v) is 15.7. The van der Waals surface area contributed by atoms with E-state index in [1.54, 1.807) is 13.8 Å². The van der Waals surface area contributed by atoms with Crippen LogP contribution >= 0.6 is 11.6 Å². The second-order valence-corrected chi connectivity index (χ2v) is 8.03. The third-order valence-electron chi connectivity index (χ3n) is 3.43. The number of hydrogen-bond acceptors (Lipinski definition) is 3. The summed E-state index contributed by atoms with van der Waals surface area (Å²) in [5, 5.41) is 2.98. The zero-order valence-electron chi connectivity index (χ0n) is 14.1. The maximum Gasteiger partial charge on any atom is 0.252 e. The molecule has 5 nitrogen and oxygen atoms in total. The van der Waals surface area contributed by atoms with Gasteiger partial charge in [-0.3, -0.25) is 4.79 Å². The highest BCUT2D eigenvalue weighted by atomic mass is 35.5. The fourth-order valence-electron chi connectivity index (χ4n) is 2.28. The maximum absolute atomic E-state index is 12.3. The van der Waals surface area contributed by atoms with Gasteiger partial charge in [-0.15, -0.1) is 0 Å². The Balaban J connectivity index is 2.10. The van der Waals surface area contributed by atoms with Gasteiger partial charge in [0, 0.05) is 12.6 Å². The molecule has 0 saturated carbocycles. The second-order valence-electron chi connectivity index (χ2n) is 5.91. The average molecular weight is 381 g/mol. The van der Waals surface area contributed by atoms with Crippen molar-refractivity contribution in [1.29, 1.82) is 0 Å². The summed E-state index contributed by atoms with van der Waals surface area (Å²) >= 11 is 6.07. The van der Waals surface area contributed by atoms with Gasteiger partial charge in [-0.1, -0.05) is 41.9 Å². The Bertz CT molecular complexity index is 837. The molecule has 0 aliphatic heterocycles. The topological polar surface area (TPSA) is 75.3 Å². The van der Waals surface area contributed by atoms with Gasteiger partial charge in [-0.05, 0) is 44.0 Å². The van der Waals surface area contributed by atoms with Crippen molar-refractivity contribution in [2.24, 2.45) is 0 Å². The van der Waals surface area contributed by atoms with Crippen LogP contribution in [-0.2, 0) is 16.4 Å². The van der Waals surface area contributed by atoms with Gasteiger partial charge >= 0.3 is 0 Å². The van der Waals surface area contributed by atoms with Crippen molar-refractivity contribution in [3.63, 3.8) is 0 Å². The maximum atomic E-state index is 12.3. The molecule has 7 heteroatoms. The Morgan fingerprint density at radius 1 is 1.12 bits per heavy atom. The Hall–Kier alpha value is -1.89. The fraction of sp³-hybridized carbons (Fsp3) is 0.278. The molecule has 0 aliphatic carbocycles. The minimum Gasteiger partial charge on any atom is -0.352 e. The van der Waals surface area contributed by atoms with Crippen LogP contribution in [-0.4, -0.2) is 26.9 Å². The van der Waals surface area contributed by atoms with E-state index < -0.39 is 15.9 Å². The van der Waals surface area contributed by atoms with Gasteiger partial charge in [0.1, 0.15) is 0 Å². The lowest BCUT2D eigenvalue weighted by Gasteiger charge is -2.12. The van der Waals surface area contributed by atoms with Crippen LogP contribution in [0.5, 0.6) is 0 Å². The molecule has 2 aromatic carbocycles. The molecule has 2 rings (SSSR count). The van der Waals surface area contributed by atoms with E-state index in [1.165, 1.54) is 18.2 Å². The molecule has 25 heavy (non-hydrogen) atoms. The van der Waals surface area contributed by atoms with E-state index in [4.69, 9.17) is 11.6 Å². The van der Waals surface area contributed by atoms with E-state index in [2.05, 4.69) is 10.0 Å². The number of nitrogens with one attached hydrogen (secondary N) is 2. The van der Waals surface area contributed by atoms with Crippen LogP contribution in [0.4, 0.5) is 0 Å². The van der Waals surface area contributed by atoms with Crippen LogP contribution < -0.4 is 10.0 Å². The highest BCUT2D eigenvalue weighted by molar-refractivity contribution is 7.89. The van der Waals surface area contributed by atoms with E-state index in [1.807, 2.05) is 30.3 Å². The van der Waals surface area contributed by atoms with Gasteiger partial charge in [0.05, 0.1) is 15.5 Å². The molecule has 0 heterocycles. The number of hydrogen-bond donors (Lipinski definition) is 2. The molecule has 0 bridgehead atoms. The predicted molar refractivity (Wildman–Crippen MR) is 99.4 cm³/mol. The van der Waals surface area contributed by atoms with Crippen LogP contribution in [0.3, 0.4) is 0 Å². The monoisotopic (exact) mass is 380 g/mol. The largest absolute Gasteiger partial charge is 0.352 e. The third-order valence-corrected chi connectivity index (χ3v) is 5.41. The molecule has 2 N–H and O–H groups in total. The molecule has 0 spiro atoms. The number of rotatable bonds is 7. The van der Waals surface area contributed by atoms with Crippen LogP contribution in [0.25, 0.3) is 0 Å². The molecular weight excluding hydrogens is 360 g/mol. The first-order valence-corrected chi connectivity index (χ1v) is 9.80. The quantitative estimate of drug-likeness (QED) is 0.775. The van der Waals surface area contributed by atoms with Gasteiger partial charge in [0.2, 0.25) is 10.0 Å². The van der Waals surface area contributed by atoms with E-state index in [9.17, 15) is 13.2 Å². The average Bonchev–Trinajstić information content (AvgIpc) is 2.54. The summed E-state index contributed by atoms with van der Waals surface area (Å²) in [5.41, 5.74) is 1.24. The highest BCUT2D eigenvalue weighted by Gasteiger charge is 2.19. The first-order valence-electron chi connectivity index (χ1n) is 7.93. The summed E-state index contributed by atoms with van der Waals surface area (Å²) in [6.07, 6.45) is 0.678. The van der Waals surface area contributed by atoms with Crippen molar-refractivity contribution >= 4 is 27.5 Å². The highest BCUT2D eigenvalue weighted by Crippen LogP contribution is 2.20. The summed E-state index contributed by atoms with van der Waals surface area (Å²) in [4.78, 5) is 12.4. The summed E-state index contributed by atoms with van der Waals surface area (Å²) in [5.74, 6) is -0.400. The van der Waals surface area contributed by atoms with Crippen LogP contribution in [0, 0.1) is 0 Å². The third kappa shape index (κ3) is 5.56. The molecule has 2 aromatic rings. The lowest BCUT2D eigenvalue weighted by atomic mass is 10.1. The number of carbonyl (C=O) groups is 1. The molecule has 0 fully saturated rings. The second kappa shape index (κ2) is 8.47. The smallest absolute Gasteiger partial charge is 0.252 e.